The van der Waals surface area contributed by atoms with Gasteiger partial charge in [0.1, 0.15) is 0 Å². The molecule has 0 bridgehead atoms. The van der Waals surface area contributed by atoms with Gasteiger partial charge in [-0.15, -0.1) is 0 Å². The fourth-order valence-electron chi connectivity index (χ4n) is 1.05. The summed E-state index contributed by atoms with van der Waals surface area (Å²) in [6.07, 6.45) is 1.26. The quantitative estimate of drug-likeness (QED) is 0.713. The van der Waals surface area contributed by atoms with E-state index in [0.717, 1.165) is 0 Å². The van der Waals surface area contributed by atoms with Gasteiger partial charge < -0.3 is 22.5 Å². The average molecular weight is 371 g/mol. The number of hydrogen-bond acceptors (Lipinski definition) is 2. The van der Waals surface area contributed by atoms with Crippen LogP contribution >= 0.6 is 0 Å². The number of carboxylic acid groups (broad SMARTS) is 2. The Morgan fingerprint density at radius 2 is 1.31 bits per heavy atom. The van der Waals surface area contributed by atoms with Crippen molar-refractivity contribution in [3.05, 3.63) is 12.3 Å². The molecule has 0 unspecified atom stereocenters. The van der Waals surface area contributed by atoms with Crippen LogP contribution in [-0.4, -0.2) is 22.2 Å². The van der Waals surface area contributed by atoms with Gasteiger partial charge in [-0.1, -0.05) is 0 Å². The van der Waals surface area contributed by atoms with E-state index in [0.29, 0.717) is 6.42 Å². The first-order valence-corrected chi connectivity index (χ1v) is 3.06. The Morgan fingerprint density at radius 3 is 1.31 bits per heavy atom. The van der Waals surface area contributed by atoms with Gasteiger partial charge in [-0.3, -0.25) is 9.59 Å². The molecule has 0 aromatic carbocycles. The predicted octanol–water partition coefficient (Wildman–Crippen LogP) is 1.76. The van der Waals surface area contributed by atoms with E-state index in [1.54, 1.807) is 0 Å². The molecule has 0 heterocycles. The van der Waals surface area contributed by atoms with Gasteiger partial charge in [0, 0.05) is 21.1 Å². The summed E-state index contributed by atoms with van der Waals surface area (Å²) in [5.41, 5.74) is -1.44. The zero-order valence-electron chi connectivity index (χ0n) is 6.80. The van der Waals surface area contributed by atoms with E-state index < -0.39 is 17.4 Å². The molecule has 82 valence electrons. The molecule has 0 spiro atoms. The molecular formula is C6H12N2O4Pt-2. The molecule has 7 heteroatoms. The zero-order valence-corrected chi connectivity index (χ0v) is 9.08. The number of hydrogen-bond donors (Lipinski definition) is 2. The minimum Gasteiger partial charge on any atom is -0.693 e. The molecule has 13 heavy (non-hydrogen) atoms. The van der Waals surface area contributed by atoms with Crippen molar-refractivity contribution in [1.29, 1.82) is 0 Å². The minimum absolute atomic E-state index is 0. The van der Waals surface area contributed by atoms with Crippen LogP contribution in [0.3, 0.4) is 0 Å². The molecule has 0 aliphatic heterocycles. The van der Waals surface area contributed by atoms with Crippen molar-refractivity contribution in [2.45, 2.75) is 19.3 Å². The Balaban J connectivity index is -0.000000333. The summed E-state index contributed by atoms with van der Waals surface area (Å²) in [6.45, 7) is 0. The number of carbonyl (C=O) groups is 2. The fraction of sp³-hybridized carbons (Fsp3) is 0.667. The van der Waals surface area contributed by atoms with Crippen LogP contribution in [-0.2, 0) is 30.7 Å². The molecular weight excluding hydrogens is 359 g/mol. The van der Waals surface area contributed by atoms with Crippen LogP contribution in [0.5, 0.6) is 0 Å². The minimum atomic E-state index is -1.44. The summed E-state index contributed by atoms with van der Waals surface area (Å²) in [5, 5.41) is 16.9. The molecule has 1 fully saturated rings. The topological polar surface area (TPSA) is 142 Å². The van der Waals surface area contributed by atoms with Gasteiger partial charge in [-0.25, -0.2) is 0 Å². The van der Waals surface area contributed by atoms with Crippen LogP contribution in [0.25, 0.3) is 12.3 Å². The Morgan fingerprint density at radius 1 is 1.00 bits per heavy atom. The fourth-order valence-corrected chi connectivity index (χ4v) is 1.05. The Kier molecular flexibility index (Phi) is 8.57. The van der Waals surface area contributed by atoms with Crippen LogP contribution < -0.4 is 0 Å². The first kappa shape index (κ1) is 18.4. The standard InChI is InChI=1S/C6H8O4.2H2N.Pt/c7-4(8)6(5(9)10)2-1-3-6;;;/h1-3H2,(H,7,8)(H,9,10);2*1H2;/q;2*-1;. The molecule has 0 atom stereocenters. The molecule has 0 saturated heterocycles. The van der Waals surface area contributed by atoms with Gasteiger partial charge in [0.05, 0.1) is 0 Å². The first-order chi connectivity index (χ1) is 4.59. The maximum Gasteiger partial charge on any atom is 0.321 e. The SMILES string of the molecule is O=C(O)C1(C(=O)O)CCC1.[NH2-].[NH2-].[Pt]. The summed E-state index contributed by atoms with van der Waals surface area (Å²) in [6, 6.07) is 0. The molecule has 0 amide bonds. The van der Waals surface area contributed by atoms with Crippen molar-refractivity contribution in [2.75, 3.05) is 0 Å². The first-order valence-electron chi connectivity index (χ1n) is 3.06. The Hall–Kier alpha value is -0.452. The van der Waals surface area contributed by atoms with Gasteiger partial charge in [-0.05, 0) is 19.3 Å². The van der Waals surface area contributed by atoms with Gasteiger partial charge >= 0.3 is 11.9 Å². The van der Waals surface area contributed by atoms with E-state index in [9.17, 15) is 9.59 Å². The molecule has 1 aliphatic carbocycles. The second-order valence-electron chi connectivity index (χ2n) is 2.55. The van der Waals surface area contributed by atoms with E-state index >= 15 is 0 Å². The number of nitrogens with two attached hydrogens (primary N) is 2. The number of carboxylic acids is 2. The maximum atomic E-state index is 10.4. The molecule has 1 aliphatic rings. The van der Waals surface area contributed by atoms with Crippen molar-refractivity contribution >= 4 is 11.9 Å². The van der Waals surface area contributed by atoms with E-state index in [1.807, 2.05) is 0 Å². The molecule has 6 nitrogen and oxygen atoms in total. The molecule has 1 rings (SSSR count). The van der Waals surface area contributed by atoms with Crippen LogP contribution in [0, 0.1) is 5.41 Å². The third-order valence-electron chi connectivity index (χ3n) is 2.03. The molecule has 1 saturated carbocycles. The zero-order chi connectivity index (χ0) is 7.78. The summed E-state index contributed by atoms with van der Waals surface area (Å²) < 4.78 is 0. The third-order valence-corrected chi connectivity index (χ3v) is 2.03. The van der Waals surface area contributed by atoms with Crippen molar-refractivity contribution in [3.8, 4) is 0 Å². The normalized spacial score (nSPS) is 16.3. The van der Waals surface area contributed by atoms with Crippen molar-refractivity contribution < 1.29 is 40.9 Å². The summed E-state index contributed by atoms with van der Waals surface area (Å²) in [4.78, 5) is 20.7. The van der Waals surface area contributed by atoms with Gasteiger partial charge in [0.15, 0.2) is 5.41 Å². The van der Waals surface area contributed by atoms with Gasteiger partial charge in [0.25, 0.3) is 0 Å². The second kappa shape index (κ2) is 6.07. The van der Waals surface area contributed by atoms with Crippen molar-refractivity contribution in [1.82, 2.24) is 0 Å². The smallest absolute Gasteiger partial charge is 0.321 e. The molecule has 0 radical (unpaired) electrons. The van der Waals surface area contributed by atoms with Crippen molar-refractivity contribution in [3.63, 3.8) is 0 Å². The number of aliphatic carboxylic acids is 2. The van der Waals surface area contributed by atoms with E-state index in [2.05, 4.69) is 0 Å². The maximum absolute atomic E-state index is 10.4. The van der Waals surface area contributed by atoms with Crippen molar-refractivity contribution in [2.24, 2.45) is 5.41 Å². The summed E-state index contributed by atoms with van der Waals surface area (Å²) in [5.74, 6) is -2.41. The third kappa shape index (κ3) is 2.76. The summed E-state index contributed by atoms with van der Waals surface area (Å²) in [7, 11) is 0. The van der Waals surface area contributed by atoms with Gasteiger partial charge in [0.2, 0.25) is 0 Å². The van der Waals surface area contributed by atoms with E-state index in [4.69, 9.17) is 10.2 Å². The van der Waals surface area contributed by atoms with Crippen LogP contribution in [0.2, 0.25) is 0 Å². The van der Waals surface area contributed by atoms with E-state index in [1.165, 1.54) is 0 Å². The monoisotopic (exact) mass is 371 g/mol. The summed E-state index contributed by atoms with van der Waals surface area (Å²) >= 11 is 0. The van der Waals surface area contributed by atoms with Crippen LogP contribution in [0.1, 0.15) is 19.3 Å². The molecule has 0 aromatic heterocycles. The average Bonchev–Trinajstić information content (AvgIpc) is 1.57. The molecule has 6 N–H and O–H groups in total. The predicted molar refractivity (Wildman–Crippen MR) is 42.1 cm³/mol. The largest absolute Gasteiger partial charge is 0.693 e. The van der Waals surface area contributed by atoms with Gasteiger partial charge in [-0.2, -0.15) is 0 Å². The Bertz CT molecular complexity index is 177. The molecule has 0 aromatic rings. The van der Waals surface area contributed by atoms with E-state index in [-0.39, 0.29) is 46.2 Å². The van der Waals surface area contributed by atoms with Crippen LogP contribution in [0.15, 0.2) is 0 Å². The second-order valence-corrected chi connectivity index (χ2v) is 2.55. The number of rotatable bonds is 2. The van der Waals surface area contributed by atoms with Crippen LogP contribution in [0.4, 0.5) is 0 Å². The Labute approximate surface area is 90.1 Å².